The summed E-state index contributed by atoms with van der Waals surface area (Å²) in [7, 11) is 0. The minimum absolute atomic E-state index is 0.174. The zero-order valence-corrected chi connectivity index (χ0v) is 13.1. The van der Waals surface area contributed by atoms with Crippen molar-refractivity contribution in [2.75, 3.05) is 0 Å². The van der Waals surface area contributed by atoms with Crippen molar-refractivity contribution in [2.24, 2.45) is 0 Å². The predicted molar refractivity (Wildman–Crippen MR) is 82.2 cm³/mol. The van der Waals surface area contributed by atoms with E-state index in [9.17, 15) is 10.1 Å². The summed E-state index contributed by atoms with van der Waals surface area (Å²) in [4.78, 5) is 12.3. The Labute approximate surface area is 124 Å². The highest BCUT2D eigenvalue weighted by molar-refractivity contribution is 5.64. The van der Waals surface area contributed by atoms with Gasteiger partial charge < -0.3 is 9.13 Å². The average molecular weight is 281 g/mol. The molecule has 4 heteroatoms. The molecule has 0 fully saturated rings. The van der Waals surface area contributed by atoms with Crippen LogP contribution >= 0.6 is 0 Å². The topological polar surface area (TPSA) is 50.7 Å². The van der Waals surface area contributed by atoms with E-state index >= 15 is 0 Å². The number of aromatic nitrogens is 2. The van der Waals surface area contributed by atoms with E-state index in [4.69, 9.17) is 0 Å². The highest BCUT2D eigenvalue weighted by atomic mass is 16.1. The van der Waals surface area contributed by atoms with Crippen molar-refractivity contribution in [1.29, 1.82) is 5.26 Å². The number of nitrogens with zero attached hydrogens (tertiary/aromatic N) is 3. The molecule has 3 rings (SSSR count). The van der Waals surface area contributed by atoms with Crippen LogP contribution in [0.15, 0.2) is 29.3 Å². The van der Waals surface area contributed by atoms with E-state index in [1.807, 2.05) is 18.2 Å². The van der Waals surface area contributed by atoms with Crippen molar-refractivity contribution in [3.63, 3.8) is 0 Å². The Bertz CT molecular complexity index is 844. The summed E-state index contributed by atoms with van der Waals surface area (Å²) >= 11 is 0. The monoisotopic (exact) mass is 281 g/mol. The molecule has 0 atom stereocenters. The lowest BCUT2D eigenvalue weighted by Crippen LogP contribution is -2.53. The highest BCUT2D eigenvalue weighted by Crippen LogP contribution is 2.45. The molecule has 21 heavy (non-hydrogen) atoms. The molecule has 0 saturated heterocycles. The van der Waals surface area contributed by atoms with Gasteiger partial charge in [-0.25, -0.2) is 0 Å². The first-order valence-corrected chi connectivity index (χ1v) is 7.08. The molecule has 108 valence electrons. The van der Waals surface area contributed by atoms with Crippen molar-refractivity contribution in [2.45, 2.75) is 45.7 Å². The van der Waals surface area contributed by atoms with E-state index in [0.717, 1.165) is 11.4 Å². The van der Waals surface area contributed by atoms with Gasteiger partial charge in [-0.15, -0.1) is 0 Å². The Morgan fingerprint density at radius 2 is 1.76 bits per heavy atom. The van der Waals surface area contributed by atoms with E-state index in [-0.39, 0.29) is 22.1 Å². The summed E-state index contributed by atoms with van der Waals surface area (Å²) in [5, 5.41) is 9.23. The van der Waals surface area contributed by atoms with Crippen LogP contribution in [0.5, 0.6) is 0 Å². The zero-order chi connectivity index (χ0) is 15.6. The van der Waals surface area contributed by atoms with Gasteiger partial charge in [-0.3, -0.25) is 4.79 Å². The van der Waals surface area contributed by atoms with Crippen molar-refractivity contribution < 1.29 is 0 Å². The fraction of sp³-hybridized carbons (Fsp3) is 0.412. The van der Waals surface area contributed by atoms with Gasteiger partial charge in [0, 0.05) is 18.0 Å². The van der Waals surface area contributed by atoms with Crippen LogP contribution in [0.25, 0.3) is 11.4 Å². The SMILES string of the molecule is Cc1c2n(cc(C#N)c1=O)C(C)(C)C(C)(C)n1cccc1-2. The molecule has 0 radical (unpaired) electrons. The van der Waals surface area contributed by atoms with Crippen molar-refractivity contribution >= 4 is 0 Å². The predicted octanol–water partition coefficient (Wildman–Crippen LogP) is 2.98. The van der Waals surface area contributed by atoms with Crippen LogP contribution in [0, 0.1) is 18.3 Å². The first-order valence-electron chi connectivity index (χ1n) is 7.08. The molecule has 0 spiro atoms. The molecule has 4 nitrogen and oxygen atoms in total. The second-order valence-electron chi connectivity index (χ2n) is 6.71. The molecule has 0 amide bonds. The maximum atomic E-state index is 12.3. The number of pyridine rings is 1. The second kappa shape index (κ2) is 3.88. The van der Waals surface area contributed by atoms with Crippen LogP contribution in [-0.4, -0.2) is 9.13 Å². The van der Waals surface area contributed by atoms with Crippen molar-refractivity contribution in [1.82, 2.24) is 9.13 Å². The molecule has 0 N–H and O–H groups in total. The number of rotatable bonds is 0. The van der Waals surface area contributed by atoms with Gasteiger partial charge in [0.25, 0.3) is 0 Å². The van der Waals surface area contributed by atoms with Gasteiger partial charge in [0.15, 0.2) is 0 Å². The van der Waals surface area contributed by atoms with Crippen LogP contribution < -0.4 is 5.43 Å². The number of fused-ring (bicyclic) bond motifs is 3. The van der Waals surface area contributed by atoms with E-state index in [1.54, 1.807) is 13.1 Å². The van der Waals surface area contributed by atoms with E-state index < -0.39 is 0 Å². The molecule has 3 heterocycles. The summed E-state index contributed by atoms with van der Waals surface area (Å²) in [5.74, 6) is 0. The van der Waals surface area contributed by atoms with Gasteiger partial charge in [-0.2, -0.15) is 5.26 Å². The minimum atomic E-state index is -0.265. The normalized spacial score (nSPS) is 17.7. The maximum absolute atomic E-state index is 12.3. The van der Waals surface area contributed by atoms with Crippen molar-refractivity contribution in [3.05, 3.63) is 45.9 Å². The maximum Gasteiger partial charge on any atom is 0.202 e. The van der Waals surface area contributed by atoms with Crippen molar-refractivity contribution in [3.8, 4) is 17.5 Å². The second-order valence-corrected chi connectivity index (χ2v) is 6.71. The molecule has 0 bridgehead atoms. The van der Waals surface area contributed by atoms with Gasteiger partial charge in [-0.1, -0.05) is 0 Å². The number of hydrogen-bond acceptors (Lipinski definition) is 2. The van der Waals surface area contributed by atoms with E-state index in [1.165, 1.54) is 0 Å². The van der Waals surface area contributed by atoms with Gasteiger partial charge in [0.1, 0.15) is 11.6 Å². The van der Waals surface area contributed by atoms with Crippen LogP contribution in [0.2, 0.25) is 0 Å². The van der Waals surface area contributed by atoms with Crippen LogP contribution in [0.3, 0.4) is 0 Å². The molecule has 2 aromatic rings. The third kappa shape index (κ3) is 1.46. The first-order chi connectivity index (χ1) is 9.73. The Morgan fingerprint density at radius 1 is 1.14 bits per heavy atom. The lowest BCUT2D eigenvalue weighted by Gasteiger charge is -2.50. The van der Waals surface area contributed by atoms with Gasteiger partial charge >= 0.3 is 0 Å². The third-order valence-corrected chi connectivity index (χ3v) is 5.25. The lowest BCUT2D eigenvalue weighted by atomic mass is 9.78. The Hall–Kier alpha value is -2.28. The quantitative estimate of drug-likeness (QED) is 0.745. The van der Waals surface area contributed by atoms with Gasteiger partial charge in [0.05, 0.1) is 22.5 Å². The highest BCUT2D eigenvalue weighted by Gasteiger charge is 2.45. The van der Waals surface area contributed by atoms with Crippen LogP contribution in [0.1, 0.15) is 38.8 Å². The summed E-state index contributed by atoms with van der Waals surface area (Å²) in [6.07, 6.45) is 3.77. The largest absolute Gasteiger partial charge is 0.338 e. The fourth-order valence-corrected chi connectivity index (χ4v) is 3.23. The molecule has 1 aliphatic heterocycles. The minimum Gasteiger partial charge on any atom is -0.338 e. The Kier molecular flexibility index (Phi) is 2.53. The average Bonchev–Trinajstić information content (AvgIpc) is 2.89. The van der Waals surface area contributed by atoms with Gasteiger partial charge in [-0.05, 0) is 46.8 Å². The standard InChI is InChI=1S/C17H19N3O/c1-11-14-13-7-6-8-19(13)16(2,3)17(4,5)20(14)10-12(9-18)15(11)21/h6-8,10H,1-5H3. The van der Waals surface area contributed by atoms with Gasteiger partial charge in [0.2, 0.25) is 5.43 Å². The smallest absolute Gasteiger partial charge is 0.202 e. The third-order valence-electron chi connectivity index (χ3n) is 5.25. The molecular weight excluding hydrogens is 262 g/mol. The molecule has 0 aromatic carbocycles. The van der Waals surface area contributed by atoms with E-state index in [0.29, 0.717) is 5.56 Å². The van der Waals surface area contributed by atoms with E-state index in [2.05, 4.69) is 43.0 Å². The Balaban J connectivity index is 2.53. The molecular formula is C17H19N3O. The number of hydrogen-bond donors (Lipinski definition) is 0. The first kappa shape index (κ1) is 13.7. The van der Waals surface area contributed by atoms with Crippen LogP contribution in [-0.2, 0) is 11.1 Å². The molecule has 0 unspecified atom stereocenters. The Morgan fingerprint density at radius 3 is 2.38 bits per heavy atom. The molecule has 1 aliphatic rings. The molecule has 0 aliphatic carbocycles. The summed E-state index contributed by atoms with van der Waals surface area (Å²) in [6, 6.07) is 6.06. The fourth-order valence-electron chi connectivity index (χ4n) is 3.23. The molecule has 2 aromatic heterocycles. The zero-order valence-electron chi connectivity index (χ0n) is 13.1. The summed E-state index contributed by atoms with van der Waals surface area (Å²) < 4.78 is 4.32. The lowest BCUT2D eigenvalue weighted by molar-refractivity contribution is 0.117. The molecule has 0 saturated carbocycles. The van der Waals surface area contributed by atoms with Crippen LogP contribution in [0.4, 0.5) is 0 Å². The number of nitriles is 1. The summed E-state index contributed by atoms with van der Waals surface area (Å²) in [5.41, 5.74) is 2.17. The summed E-state index contributed by atoms with van der Waals surface area (Å²) in [6.45, 7) is 10.5.